The zero-order valence-corrected chi connectivity index (χ0v) is 23.5. The maximum atomic E-state index is 13.4. The molecule has 2 fully saturated rings. The van der Waals surface area contributed by atoms with E-state index in [2.05, 4.69) is 10.3 Å². The number of amides is 1. The van der Waals surface area contributed by atoms with Gasteiger partial charge in [-0.2, -0.15) is 0 Å². The van der Waals surface area contributed by atoms with Crippen molar-refractivity contribution in [3.63, 3.8) is 0 Å². The molecule has 12 heteroatoms. The Morgan fingerprint density at radius 3 is 2.50 bits per heavy atom. The molecule has 2 N–H and O–H groups in total. The van der Waals surface area contributed by atoms with Crippen molar-refractivity contribution < 1.29 is 37.3 Å². The number of carboxylic acids is 1. The molecule has 2 aromatic carbocycles. The molecular formula is C28H30N2O8S2. The van der Waals surface area contributed by atoms with Gasteiger partial charge in [0.05, 0.1) is 28.0 Å². The first-order chi connectivity index (χ1) is 19.3. The summed E-state index contributed by atoms with van der Waals surface area (Å²) in [7, 11) is -3.35. The van der Waals surface area contributed by atoms with Gasteiger partial charge < -0.3 is 19.3 Å². The van der Waals surface area contributed by atoms with E-state index in [0.717, 1.165) is 11.3 Å². The number of nitrogens with zero attached hydrogens (tertiary/aromatic N) is 1. The average molecular weight is 587 g/mol. The molecule has 1 aromatic heterocycles. The number of nitrogens with one attached hydrogen (secondary N) is 1. The lowest BCUT2D eigenvalue weighted by molar-refractivity contribution is -0.136. The van der Waals surface area contributed by atoms with Crippen LogP contribution in [0.1, 0.15) is 60.2 Å². The molecule has 1 aliphatic carbocycles. The van der Waals surface area contributed by atoms with Gasteiger partial charge in [-0.25, -0.2) is 18.2 Å². The predicted octanol–water partition coefficient (Wildman–Crippen LogP) is 5.01. The summed E-state index contributed by atoms with van der Waals surface area (Å²) >= 11 is 1.10. The van der Waals surface area contributed by atoms with Crippen LogP contribution in [0, 0.1) is 0 Å². The number of sulfone groups is 1. The SMILES string of the molecule is CCc1c(Oc2cnc(NC(=O)C(OC3CCOCC3)c3ccc(S(=O)(=O)C4CC4)cc3)s2)cccc1C(=O)O. The molecule has 0 radical (unpaired) electrons. The van der Waals surface area contributed by atoms with E-state index in [1.807, 2.05) is 6.92 Å². The van der Waals surface area contributed by atoms with E-state index in [1.165, 1.54) is 24.4 Å². The lowest BCUT2D eigenvalue weighted by Crippen LogP contribution is -2.31. The Hall–Kier alpha value is -3.32. The molecule has 3 aromatic rings. The van der Waals surface area contributed by atoms with Gasteiger partial charge in [-0.1, -0.05) is 36.5 Å². The summed E-state index contributed by atoms with van der Waals surface area (Å²) in [5.41, 5.74) is 1.26. The molecule has 1 unspecified atom stereocenters. The molecule has 2 aliphatic rings. The maximum absolute atomic E-state index is 13.4. The normalized spacial score (nSPS) is 16.8. The van der Waals surface area contributed by atoms with Crippen LogP contribution < -0.4 is 10.1 Å². The number of aromatic carboxylic acids is 1. The van der Waals surface area contributed by atoms with Crippen molar-refractivity contribution in [2.45, 2.75) is 61.4 Å². The second kappa shape index (κ2) is 12.0. The first-order valence-corrected chi connectivity index (χ1v) is 15.5. The van der Waals surface area contributed by atoms with E-state index >= 15 is 0 Å². The summed E-state index contributed by atoms with van der Waals surface area (Å²) < 4.78 is 42.8. The Kier molecular flexibility index (Phi) is 8.50. The summed E-state index contributed by atoms with van der Waals surface area (Å²) in [6.45, 7) is 2.92. The Morgan fingerprint density at radius 1 is 1.12 bits per heavy atom. The largest absolute Gasteiger partial charge is 0.478 e. The highest BCUT2D eigenvalue weighted by Gasteiger charge is 2.37. The highest BCUT2D eigenvalue weighted by molar-refractivity contribution is 7.92. The van der Waals surface area contributed by atoms with Crippen LogP contribution in [-0.2, 0) is 30.5 Å². The zero-order valence-electron chi connectivity index (χ0n) is 21.9. The van der Waals surface area contributed by atoms with E-state index in [0.29, 0.717) is 67.3 Å². The fourth-order valence-electron chi connectivity index (χ4n) is 4.57. The van der Waals surface area contributed by atoms with Gasteiger partial charge in [0.2, 0.25) is 5.06 Å². The monoisotopic (exact) mass is 586 g/mol. The summed E-state index contributed by atoms with van der Waals surface area (Å²) in [5, 5.41) is 12.6. The van der Waals surface area contributed by atoms with Crippen molar-refractivity contribution in [3.05, 3.63) is 65.4 Å². The third-order valence-electron chi connectivity index (χ3n) is 6.85. The van der Waals surface area contributed by atoms with Crippen LogP contribution in [0.3, 0.4) is 0 Å². The molecule has 0 bridgehead atoms. The fourth-order valence-corrected chi connectivity index (χ4v) is 6.91. The second-order valence-corrected chi connectivity index (χ2v) is 12.9. The minimum absolute atomic E-state index is 0.169. The highest BCUT2D eigenvalue weighted by Crippen LogP contribution is 2.36. The van der Waals surface area contributed by atoms with Crippen molar-refractivity contribution in [3.8, 4) is 10.8 Å². The fraction of sp³-hybridized carbons (Fsp3) is 0.393. The van der Waals surface area contributed by atoms with Gasteiger partial charge >= 0.3 is 5.97 Å². The standard InChI is InChI=1S/C28H30N2O8S2/c1-2-21-22(27(32)33)4-3-5-23(21)38-24-16-29-28(39-24)30-26(31)25(37-18-12-14-36-15-13-18)17-6-8-19(9-7-17)40(34,35)20-10-11-20/h3-9,16,18,20,25H,2,10-15H2,1H3,(H,32,33)(H,29,30,31). The number of carboxylic acid groups (broad SMARTS) is 1. The number of carbonyl (C=O) groups excluding carboxylic acids is 1. The molecule has 0 spiro atoms. The van der Waals surface area contributed by atoms with Gasteiger partial charge in [0, 0.05) is 18.8 Å². The Balaban J connectivity index is 1.33. The molecule has 1 saturated heterocycles. The van der Waals surface area contributed by atoms with E-state index in [-0.39, 0.29) is 26.9 Å². The molecule has 40 heavy (non-hydrogen) atoms. The molecule has 1 atom stereocenters. The first-order valence-electron chi connectivity index (χ1n) is 13.1. The van der Waals surface area contributed by atoms with Gasteiger partial charge in [-0.05, 0) is 61.9 Å². The van der Waals surface area contributed by atoms with Crippen molar-refractivity contribution in [2.24, 2.45) is 0 Å². The molecule has 1 saturated carbocycles. The molecule has 2 heterocycles. The minimum atomic E-state index is -3.35. The van der Waals surface area contributed by atoms with Crippen molar-refractivity contribution in [1.82, 2.24) is 4.98 Å². The molecule has 1 amide bonds. The lowest BCUT2D eigenvalue weighted by atomic mass is 10.0. The summed E-state index contributed by atoms with van der Waals surface area (Å²) in [6, 6.07) is 11.1. The van der Waals surface area contributed by atoms with Crippen LogP contribution in [0.2, 0.25) is 0 Å². The first kappa shape index (κ1) is 28.2. The van der Waals surface area contributed by atoms with Crippen LogP contribution in [0.15, 0.2) is 53.6 Å². The van der Waals surface area contributed by atoms with Gasteiger partial charge in [0.25, 0.3) is 5.91 Å². The number of rotatable bonds is 11. The van der Waals surface area contributed by atoms with Crippen LogP contribution >= 0.6 is 11.3 Å². The number of hydrogen-bond acceptors (Lipinski definition) is 9. The highest BCUT2D eigenvalue weighted by atomic mass is 32.2. The van der Waals surface area contributed by atoms with Crippen LogP contribution in [0.4, 0.5) is 5.13 Å². The van der Waals surface area contributed by atoms with Crippen LogP contribution in [0.5, 0.6) is 10.8 Å². The number of thiazole rings is 1. The number of benzene rings is 2. The van der Waals surface area contributed by atoms with E-state index in [4.69, 9.17) is 14.2 Å². The van der Waals surface area contributed by atoms with Crippen molar-refractivity contribution in [1.29, 1.82) is 0 Å². The third-order valence-corrected chi connectivity index (χ3v) is 9.92. The number of anilines is 1. The number of ether oxygens (including phenoxy) is 3. The second-order valence-electron chi connectivity index (χ2n) is 9.66. The zero-order chi connectivity index (χ0) is 28.3. The van der Waals surface area contributed by atoms with Crippen LogP contribution in [0.25, 0.3) is 0 Å². The van der Waals surface area contributed by atoms with Crippen molar-refractivity contribution in [2.75, 3.05) is 18.5 Å². The topological polar surface area (TPSA) is 141 Å². The Bertz CT molecular complexity index is 1480. The average Bonchev–Trinajstić information content (AvgIpc) is 3.74. The molecular weight excluding hydrogens is 556 g/mol. The van der Waals surface area contributed by atoms with Gasteiger partial charge in [0.15, 0.2) is 21.1 Å². The van der Waals surface area contributed by atoms with Gasteiger partial charge in [-0.3, -0.25) is 10.1 Å². The molecule has 10 nitrogen and oxygen atoms in total. The molecule has 5 rings (SSSR count). The summed E-state index contributed by atoms with van der Waals surface area (Å²) in [6.07, 6.45) is 3.37. The quantitative estimate of drug-likeness (QED) is 0.317. The number of hydrogen-bond donors (Lipinski definition) is 2. The Labute approximate surface area is 236 Å². The Morgan fingerprint density at radius 2 is 1.85 bits per heavy atom. The smallest absolute Gasteiger partial charge is 0.336 e. The van der Waals surface area contributed by atoms with Gasteiger partial charge in [0.1, 0.15) is 5.75 Å². The molecule has 212 valence electrons. The van der Waals surface area contributed by atoms with E-state index < -0.39 is 27.8 Å². The number of carbonyl (C=O) groups is 2. The number of aromatic nitrogens is 1. The third kappa shape index (κ3) is 6.35. The van der Waals surface area contributed by atoms with Gasteiger partial charge in [-0.15, -0.1) is 0 Å². The van der Waals surface area contributed by atoms with E-state index in [1.54, 1.807) is 24.3 Å². The summed E-state index contributed by atoms with van der Waals surface area (Å²) in [5.74, 6) is -1.08. The minimum Gasteiger partial charge on any atom is -0.478 e. The summed E-state index contributed by atoms with van der Waals surface area (Å²) in [4.78, 5) is 29.5. The van der Waals surface area contributed by atoms with Crippen molar-refractivity contribution >= 4 is 38.2 Å². The molecule has 1 aliphatic heterocycles. The lowest BCUT2D eigenvalue weighted by Gasteiger charge is -2.27. The van der Waals surface area contributed by atoms with E-state index in [9.17, 15) is 23.1 Å². The predicted molar refractivity (Wildman–Crippen MR) is 148 cm³/mol. The maximum Gasteiger partial charge on any atom is 0.336 e. The van der Waals surface area contributed by atoms with Crippen LogP contribution in [-0.4, -0.2) is 55.0 Å².